The Balaban J connectivity index is 1.34. The molecule has 41 heavy (non-hydrogen) atoms. The van der Waals surface area contributed by atoms with E-state index in [4.69, 9.17) is 36.3 Å². The molecule has 0 aliphatic carbocycles. The monoisotopic (exact) mass is 599 g/mol. The fraction of sp³-hybridized carbons (Fsp3) is 0.379. The standard InChI is InChI=1S/C29H34ClN5O5S/c1-18(19-6-5-7-22(27(19)30)39-13-12-34-10-8-33(2)9-11-34)40-25-16-26(41-28(25)29(31)36)35-17-32-20-14-23(37-3)24(38-4)15-21(20)35/h5-7,14-18H,8-13H2,1-4H3,(H2,31,36)/t18-/m1/s1. The van der Waals surface area contributed by atoms with Gasteiger partial charge in [-0.15, -0.1) is 11.3 Å². The molecule has 1 amide bonds. The Hall–Kier alpha value is -3.51. The number of carbonyl (C=O) groups excluding carboxylic acids is 1. The molecular formula is C29H34ClN5O5S. The number of benzene rings is 2. The predicted octanol–water partition coefficient (Wildman–Crippen LogP) is 4.62. The molecule has 0 radical (unpaired) electrons. The second-order valence-electron chi connectivity index (χ2n) is 9.87. The van der Waals surface area contributed by atoms with Crippen LogP contribution in [0.1, 0.15) is 28.3 Å². The molecule has 2 aromatic carbocycles. The van der Waals surface area contributed by atoms with Gasteiger partial charge in [0.05, 0.1) is 30.3 Å². The maximum Gasteiger partial charge on any atom is 0.262 e. The maximum atomic E-state index is 12.4. The Bertz CT molecular complexity index is 1530. The zero-order valence-corrected chi connectivity index (χ0v) is 25.1. The summed E-state index contributed by atoms with van der Waals surface area (Å²) in [5, 5.41) is 1.19. The van der Waals surface area contributed by atoms with Gasteiger partial charge in [-0.05, 0) is 20.0 Å². The van der Waals surface area contributed by atoms with Crippen molar-refractivity contribution in [2.24, 2.45) is 5.73 Å². The summed E-state index contributed by atoms with van der Waals surface area (Å²) in [5.41, 5.74) is 7.99. The van der Waals surface area contributed by atoms with Gasteiger partial charge in [0.15, 0.2) is 11.5 Å². The van der Waals surface area contributed by atoms with Gasteiger partial charge in [-0.3, -0.25) is 14.3 Å². The summed E-state index contributed by atoms with van der Waals surface area (Å²) >= 11 is 7.99. The minimum absolute atomic E-state index is 0.296. The van der Waals surface area contributed by atoms with Gasteiger partial charge in [0, 0.05) is 56.5 Å². The Morgan fingerprint density at radius 2 is 1.80 bits per heavy atom. The average Bonchev–Trinajstić information content (AvgIpc) is 3.57. The molecule has 0 bridgehead atoms. The van der Waals surface area contributed by atoms with Crippen molar-refractivity contribution in [2.75, 3.05) is 60.6 Å². The second kappa shape index (κ2) is 12.6. The van der Waals surface area contributed by atoms with E-state index in [0.717, 1.165) is 43.8 Å². The number of hydrogen-bond donors (Lipinski definition) is 1. The minimum atomic E-state index is -0.584. The van der Waals surface area contributed by atoms with E-state index in [1.165, 1.54) is 11.3 Å². The summed E-state index contributed by atoms with van der Waals surface area (Å²) in [5.74, 6) is 1.53. The average molecular weight is 600 g/mol. The smallest absolute Gasteiger partial charge is 0.262 e. The molecule has 1 aliphatic rings. The number of nitrogens with two attached hydrogens (primary N) is 1. The van der Waals surface area contributed by atoms with Crippen LogP contribution in [-0.4, -0.2) is 85.9 Å². The lowest BCUT2D eigenvalue weighted by atomic mass is 10.1. The summed E-state index contributed by atoms with van der Waals surface area (Å²) in [6.07, 6.45) is 1.20. The third kappa shape index (κ3) is 6.23. The van der Waals surface area contributed by atoms with Crippen molar-refractivity contribution in [1.82, 2.24) is 19.4 Å². The molecule has 4 aromatic rings. The maximum absolute atomic E-state index is 12.4. The summed E-state index contributed by atoms with van der Waals surface area (Å²) in [4.78, 5) is 21.9. The molecule has 2 N–H and O–H groups in total. The van der Waals surface area contributed by atoms with Crippen molar-refractivity contribution >= 4 is 39.9 Å². The first-order chi connectivity index (χ1) is 19.8. The summed E-state index contributed by atoms with van der Waals surface area (Å²) in [7, 11) is 5.29. The van der Waals surface area contributed by atoms with Crippen molar-refractivity contribution in [1.29, 1.82) is 0 Å². The third-order valence-corrected chi connectivity index (χ3v) is 8.73. The van der Waals surface area contributed by atoms with Crippen LogP contribution in [0.25, 0.3) is 16.0 Å². The molecule has 12 heteroatoms. The van der Waals surface area contributed by atoms with E-state index >= 15 is 0 Å². The van der Waals surface area contributed by atoms with Crippen LogP contribution in [0, 0.1) is 0 Å². The Labute approximate surface area is 248 Å². The van der Waals surface area contributed by atoms with Crippen LogP contribution in [-0.2, 0) is 0 Å². The van der Waals surface area contributed by atoms with E-state index in [-0.39, 0.29) is 0 Å². The number of methoxy groups -OCH3 is 2. The van der Waals surface area contributed by atoms with Gasteiger partial charge in [-0.25, -0.2) is 4.98 Å². The molecule has 2 aromatic heterocycles. The number of halogens is 1. The van der Waals surface area contributed by atoms with Gasteiger partial charge in [0.25, 0.3) is 5.91 Å². The number of likely N-dealkylation sites (N-methyl/N-ethyl adjacent to an activating group) is 1. The van der Waals surface area contributed by atoms with Crippen molar-refractivity contribution < 1.29 is 23.7 Å². The number of aromatic nitrogens is 2. The van der Waals surface area contributed by atoms with E-state index in [0.29, 0.717) is 50.0 Å². The van der Waals surface area contributed by atoms with Crippen molar-refractivity contribution in [2.45, 2.75) is 13.0 Å². The van der Waals surface area contributed by atoms with Crippen LogP contribution < -0.4 is 24.7 Å². The summed E-state index contributed by atoms with van der Waals surface area (Å²) in [6, 6.07) is 11.1. The number of carbonyl (C=O) groups is 1. The van der Waals surface area contributed by atoms with Crippen LogP contribution in [0.3, 0.4) is 0 Å². The van der Waals surface area contributed by atoms with Crippen LogP contribution in [0.15, 0.2) is 42.7 Å². The minimum Gasteiger partial charge on any atom is -0.493 e. The molecule has 3 heterocycles. The van der Waals surface area contributed by atoms with Crippen molar-refractivity contribution in [3.8, 4) is 28.0 Å². The molecule has 5 rings (SSSR count). The quantitative estimate of drug-likeness (QED) is 0.266. The molecular weight excluding hydrogens is 566 g/mol. The van der Waals surface area contributed by atoms with E-state index < -0.39 is 12.0 Å². The first-order valence-electron chi connectivity index (χ1n) is 13.3. The molecule has 1 atom stereocenters. The fourth-order valence-corrected chi connectivity index (χ4v) is 6.08. The molecule has 1 saturated heterocycles. The van der Waals surface area contributed by atoms with Gasteiger partial charge in [-0.2, -0.15) is 0 Å². The number of primary amides is 1. The van der Waals surface area contributed by atoms with E-state index in [1.54, 1.807) is 32.7 Å². The van der Waals surface area contributed by atoms with Gasteiger partial charge in [0.1, 0.15) is 40.4 Å². The number of nitrogens with zero attached hydrogens (tertiary/aromatic N) is 4. The van der Waals surface area contributed by atoms with Crippen LogP contribution >= 0.6 is 22.9 Å². The highest BCUT2D eigenvalue weighted by Gasteiger charge is 2.23. The lowest BCUT2D eigenvalue weighted by molar-refractivity contribution is 0.0998. The number of hydrogen-bond acceptors (Lipinski definition) is 9. The van der Waals surface area contributed by atoms with E-state index in [2.05, 4.69) is 21.8 Å². The number of ether oxygens (including phenoxy) is 4. The van der Waals surface area contributed by atoms with Crippen LogP contribution in [0.5, 0.6) is 23.0 Å². The SMILES string of the molecule is COc1cc2ncn(-c3cc(O[C@H](C)c4cccc(OCCN5CCN(C)CC5)c4Cl)c(C(N)=O)s3)c2cc1OC. The normalized spacial score (nSPS) is 15.1. The predicted molar refractivity (Wildman–Crippen MR) is 160 cm³/mol. The number of thiophene rings is 1. The molecule has 1 aliphatic heterocycles. The molecule has 0 unspecified atom stereocenters. The molecule has 0 spiro atoms. The van der Waals surface area contributed by atoms with Crippen molar-refractivity contribution in [3.05, 3.63) is 58.2 Å². The number of fused-ring (bicyclic) bond motifs is 1. The number of imidazole rings is 1. The van der Waals surface area contributed by atoms with Crippen LogP contribution in [0.2, 0.25) is 5.02 Å². The Kier molecular flexibility index (Phi) is 8.88. The lowest BCUT2D eigenvalue weighted by Crippen LogP contribution is -2.45. The highest BCUT2D eigenvalue weighted by molar-refractivity contribution is 7.16. The Morgan fingerprint density at radius 3 is 2.51 bits per heavy atom. The fourth-order valence-electron chi connectivity index (χ4n) is 4.81. The first-order valence-corrected chi connectivity index (χ1v) is 14.5. The van der Waals surface area contributed by atoms with Crippen molar-refractivity contribution in [3.63, 3.8) is 0 Å². The van der Waals surface area contributed by atoms with E-state index in [1.807, 2.05) is 35.8 Å². The molecule has 10 nitrogen and oxygen atoms in total. The summed E-state index contributed by atoms with van der Waals surface area (Å²) < 4.78 is 25.1. The zero-order chi connectivity index (χ0) is 29.1. The number of amides is 1. The topological polar surface area (TPSA) is 104 Å². The first kappa shape index (κ1) is 29.0. The number of rotatable bonds is 11. The molecule has 0 saturated carbocycles. The highest BCUT2D eigenvalue weighted by atomic mass is 35.5. The Morgan fingerprint density at radius 1 is 1.07 bits per heavy atom. The third-order valence-electron chi connectivity index (χ3n) is 7.19. The largest absolute Gasteiger partial charge is 0.493 e. The highest BCUT2D eigenvalue weighted by Crippen LogP contribution is 2.40. The van der Waals surface area contributed by atoms with Gasteiger partial charge in [0.2, 0.25) is 0 Å². The molecule has 1 fully saturated rings. The second-order valence-corrected chi connectivity index (χ2v) is 11.3. The van der Waals surface area contributed by atoms with Gasteiger partial charge >= 0.3 is 0 Å². The number of piperazine rings is 1. The lowest BCUT2D eigenvalue weighted by Gasteiger charge is -2.32. The summed E-state index contributed by atoms with van der Waals surface area (Å²) in [6.45, 7) is 7.42. The zero-order valence-electron chi connectivity index (χ0n) is 23.6. The van der Waals surface area contributed by atoms with Crippen LogP contribution in [0.4, 0.5) is 0 Å². The van der Waals surface area contributed by atoms with Gasteiger partial charge in [-0.1, -0.05) is 23.7 Å². The van der Waals surface area contributed by atoms with E-state index in [9.17, 15) is 4.79 Å². The molecule has 218 valence electrons. The van der Waals surface area contributed by atoms with Gasteiger partial charge < -0.3 is 29.6 Å².